The Kier molecular flexibility index (Phi) is 6.10. The highest BCUT2D eigenvalue weighted by Crippen LogP contribution is 2.42. The van der Waals surface area contributed by atoms with Crippen LogP contribution >= 0.6 is 11.8 Å². The molecule has 19 heavy (non-hydrogen) atoms. The van der Waals surface area contributed by atoms with Crippen molar-refractivity contribution in [1.29, 1.82) is 0 Å². The number of hydrogen-bond acceptors (Lipinski definition) is 2. The highest BCUT2D eigenvalue weighted by atomic mass is 32.2. The molecule has 0 saturated heterocycles. The predicted octanol–water partition coefficient (Wildman–Crippen LogP) is 4.22. The van der Waals surface area contributed by atoms with Crippen molar-refractivity contribution in [2.75, 3.05) is 5.75 Å². The van der Waals surface area contributed by atoms with Crippen LogP contribution in [0.5, 0.6) is 0 Å². The van der Waals surface area contributed by atoms with Gasteiger partial charge in [-0.1, -0.05) is 11.8 Å². The van der Waals surface area contributed by atoms with Crippen molar-refractivity contribution in [3.8, 4) is 0 Å². The van der Waals surface area contributed by atoms with E-state index in [9.17, 15) is 39.9 Å². The van der Waals surface area contributed by atoms with Gasteiger partial charge < -0.3 is 0 Å². The van der Waals surface area contributed by atoms with E-state index < -0.39 is 47.9 Å². The van der Waals surface area contributed by atoms with Crippen molar-refractivity contribution in [3.63, 3.8) is 0 Å². The first kappa shape index (κ1) is 18.5. The largest absolute Gasteiger partial charge is 0.453 e. The Morgan fingerprint density at radius 1 is 1.11 bits per heavy atom. The molecule has 0 aliphatic rings. The highest BCUT2D eigenvalue weighted by Gasteiger charge is 2.60. The summed E-state index contributed by atoms with van der Waals surface area (Å²) in [6.45, 7) is 1.05. The Morgan fingerprint density at radius 2 is 1.58 bits per heavy atom. The zero-order chi connectivity index (χ0) is 15.5. The summed E-state index contributed by atoms with van der Waals surface area (Å²) in [5.41, 5.74) is 0. The Bertz CT molecular complexity index is 314. The second-order valence-electron chi connectivity index (χ2n) is 3.72. The van der Waals surface area contributed by atoms with Crippen LogP contribution in [-0.2, 0) is 4.79 Å². The smallest absolute Gasteiger partial charge is 0.288 e. The van der Waals surface area contributed by atoms with Gasteiger partial charge >= 0.3 is 12.1 Å². The van der Waals surface area contributed by atoms with E-state index in [0.717, 1.165) is 6.92 Å². The van der Waals surface area contributed by atoms with Crippen LogP contribution < -0.4 is 0 Å². The van der Waals surface area contributed by atoms with Crippen LogP contribution in [0.15, 0.2) is 0 Å². The zero-order valence-corrected chi connectivity index (χ0v) is 10.4. The standard InChI is InChI=1S/C9H10F8OS/c1-5(18)19-3-2-7(11,12)6(10)4-8(13,14)9(15,16)17/h6H,2-4H2,1H3. The SMILES string of the molecule is CC(=O)SCCC(F)(F)C(F)CC(F)(F)C(F)(F)F. The quantitative estimate of drug-likeness (QED) is 0.682. The van der Waals surface area contributed by atoms with Gasteiger partial charge in [0.05, 0.1) is 6.42 Å². The maximum Gasteiger partial charge on any atom is 0.453 e. The first-order valence-electron chi connectivity index (χ1n) is 4.89. The molecule has 0 N–H and O–H groups in total. The molecular weight excluding hydrogens is 308 g/mol. The summed E-state index contributed by atoms with van der Waals surface area (Å²) in [4.78, 5) is 10.4. The number of alkyl halides is 8. The molecule has 1 atom stereocenters. The molecule has 0 aromatic rings. The Morgan fingerprint density at radius 3 is 1.95 bits per heavy atom. The maximum atomic E-state index is 13.0. The molecule has 114 valence electrons. The molecule has 0 saturated carbocycles. The molecule has 0 radical (unpaired) electrons. The van der Waals surface area contributed by atoms with Gasteiger partial charge in [-0.2, -0.15) is 22.0 Å². The van der Waals surface area contributed by atoms with Crippen molar-refractivity contribution < 1.29 is 39.9 Å². The minimum Gasteiger partial charge on any atom is -0.288 e. The van der Waals surface area contributed by atoms with E-state index in [4.69, 9.17) is 0 Å². The van der Waals surface area contributed by atoms with Crippen LogP contribution in [0.25, 0.3) is 0 Å². The Hall–Kier alpha value is -0.540. The molecule has 0 heterocycles. The van der Waals surface area contributed by atoms with Gasteiger partial charge in [-0.15, -0.1) is 0 Å². The highest BCUT2D eigenvalue weighted by molar-refractivity contribution is 8.13. The van der Waals surface area contributed by atoms with Gasteiger partial charge in [0.15, 0.2) is 11.3 Å². The van der Waals surface area contributed by atoms with E-state index in [1.165, 1.54) is 0 Å². The molecule has 0 aliphatic carbocycles. The van der Waals surface area contributed by atoms with Crippen LogP contribution in [0.4, 0.5) is 35.1 Å². The zero-order valence-electron chi connectivity index (χ0n) is 9.54. The first-order valence-corrected chi connectivity index (χ1v) is 5.88. The van der Waals surface area contributed by atoms with Crippen molar-refractivity contribution in [1.82, 2.24) is 0 Å². The van der Waals surface area contributed by atoms with E-state index in [1.807, 2.05) is 0 Å². The number of carbonyl (C=O) groups is 1. The van der Waals surface area contributed by atoms with Crippen LogP contribution in [0, 0.1) is 0 Å². The molecule has 0 spiro atoms. The van der Waals surface area contributed by atoms with Crippen LogP contribution in [-0.4, -0.2) is 35.1 Å². The summed E-state index contributed by atoms with van der Waals surface area (Å²) in [5.74, 6) is -10.4. The van der Waals surface area contributed by atoms with Crippen molar-refractivity contribution in [2.24, 2.45) is 0 Å². The number of thioether (sulfide) groups is 1. The minimum atomic E-state index is -6.08. The van der Waals surface area contributed by atoms with Gasteiger partial charge in [-0.05, 0) is 0 Å². The van der Waals surface area contributed by atoms with E-state index in [0.29, 0.717) is 11.8 Å². The molecule has 1 nitrogen and oxygen atoms in total. The Balaban J connectivity index is 4.54. The molecule has 1 unspecified atom stereocenters. The number of hydrogen-bond donors (Lipinski definition) is 0. The van der Waals surface area contributed by atoms with E-state index >= 15 is 0 Å². The van der Waals surface area contributed by atoms with E-state index in [2.05, 4.69) is 0 Å². The van der Waals surface area contributed by atoms with E-state index in [1.54, 1.807) is 0 Å². The average molecular weight is 318 g/mol. The molecule has 0 aliphatic heterocycles. The van der Waals surface area contributed by atoms with Gasteiger partial charge in [0.1, 0.15) is 0 Å². The second-order valence-corrected chi connectivity index (χ2v) is 5.00. The number of carbonyl (C=O) groups excluding carboxylic acids is 1. The van der Waals surface area contributed by atoms with Gasteiger partial charge in [0.25, 0.3) is 5.92 Å². The maximum absolute atomic E-state index is 13.0. The molecule has 0 fully saturated rings. The second kappa shape index (κ2) is 6.27. The summed E-state index contributed by atoms with van der Waals surface area (Å²) in [6.07, 6.45) is -13.7. The molecular formula is C9H10F8OS. The number of halogens is 8. The van der Waals surface area contributed by atoms with Crippen LogP contribution in [0.2, 0.25) is 0 Å². The first-order chi connectivity index (χ1) is 8.29. The fourth-order valence-electron chi connectivity index (χ4n) is 0.978. The molecule has 0 bridgehead atoms. The van der Waals surface area contributed by atoms with Crippen LogP contribution in [0.3, 0.4) is 0 Å². The lowest BCUT2D eigenvalue weighted by atomic mass is 10.0. The summed E-state index contributed by atoms with van der Waals surface area (Å²) >= 11 is 0.404. The lowest BCUT2D eigenvalue weighted by Gasteiger charge is -2.25. The monoisotopic (exact) mass is 318 g/mol. The lowest BCUT2D eigenvalue weighted by molar-refractivity contribution is -0.293. The van der Waals surface area contributed by atoms with Crippen molar-refractivity contribution in [3.05, 3.63) is 0 Å². The van der Waals surface area contributed by atoms with Gasteiger partial charge in [-0.25, -0.2) is 13.2 Å². The van der Waals surface area contributed by atoms with Gasteiger partial charge in [0.2, 0.25) is 0 Å². The summed E-state index contributed by atoms with van der Waals surface area (Å²) < 4.78 is 98.9. The third kappa shape index (κ3) is 5.96. The third-order valence-electron chi connectivity index (χ3n) is 2.05. The van der Waals surface area contributed by atoms with Crippen LogP contribution in [0.1, 0.15) is 19.8 Å². The fourth-order valence-corrected chi connectivity index (χ4v) is 1.64. The summed E-state index contributed by atoms with van der Waals surface area (Å²) in [7, 11) is 0. The van der Waals surface area contributed by atoms with Gasteiger partial charge in [0, 0.05) is 19.1 Å². The number of rotatable bonds is 6. The van der Waals surface area contributed by atoms with E-state index in [-0.39, 0.29) is 0 Å². The normalized spacial score (nSPS) is 15.4. The Labute approximate surface area is 107 Å². The third-order valence-corrected chi connectivity index (χ3v) is 2.86. The molecule has 0 aromatic heterocycles. The fraction of sp³-hybridized carbons (Fsp3) is 0.889. The van der Waals surface area contributed by atoms with Crippen molar-refractivity contribution in [2.45, 2.75) is 44.0 Å². The molecule has 0 aromatic carbocycles. The summed E-state index contributed by atoms with van der Waals surface area (Å²) in [6, 6.07) is 0. The molecule has 10 heteroatoms. The predicted molar refractivity (Wildman–Crippen MR) is 53.2 cm³/mol. The minimum absolute atomic E-state index is 0.404. The average Bonchev–Trinajstić information content (AvgIpc) is 2.13. The topological polar surface area (TPSA) is 17.1 Å². The summed E-state index contributed by atoms with van der Waals surface area (Å²) in [5, 5.41) is -0.549. The van der Waals surface area contributed by atoms with Crippen molar-refractivity contribution >= 4 is 16.9 Å². The lowest BCUT2D eigenvalue weighted by Crippen LogP contribution is -2.43. The molecule has 0 amide bonds. The molecule has 0 rings (SSSR count). The van der Waals surface area contributed by atoms with Gasteiger partial charge in [-0.3, -0.25) is 4.79 Å².